The van der Waals surface area contributed by atoms with Crippen LogP contribution in [0.15, 0.2) is 63.4 Å². The molecule has 0 aliphatic rings. The smallest absolute Gasteiger partial charge is 0.250 e. The van der Waals surface area contributed by atoms with Gasteiger partial charge in [0, 0.05) is 18.3 Å². The Morgan fingerprint density at radius 2 is 2.00 bits per heavy atom. The quantitative estimate of drug-likeness (QED) is 0.312. The molecule has 0 aliphatic carbocycles. The maximum absolute atomic E-state index is 12.1. The summed E-state index contributed by atoms with van der Waals surface area (Å²) >= 11 is 1.33. The van der Waals surface area contributed by atoms with Crippen molar-refractivity contribution in [2.45, 2.75) is 44.8 Å². The molecular weight excluding hydrogens is 410 g/mol. The number of furan rings is 1. The molecular formula is C23H27N5O2S. The third-order valence-corrected chi connectivity index (χ3v) is 5.49. The van der Waals surface area contributed by atoms with Gasteiger partial charge in [0.15, 0.2) is 11.0 Å². The molecule has 1 amide bonds. The first-order valence-electron chi connectivity index (χ1n) is 10.1. The molecule has 1 N–H and O–H groups in total. The van der Waals surface area contributed by atoms with Gasteiger partial charge in [0.25, 0.3) is 5.91 Å². The zero-order chi connectivity index (χ0) is 22.3. The van der Waals surface area contributed by atoms with Gasteiger partial charge in [-0.2, -0.15) is 5.10 Å². The lowest BCUT2D eigenvalue weighted by atomic mass is 9.87. The van der Waals surface area contributed by atoms with Gasteiger partial charge in [-0.05, 0) is 42.2 Å². The van der Waals surface area contributed by atoms with Gasteiger partial charge in [-0.25, -0.2) is 5.43 Å². The minimum Gasteiger partial charge on any atom is -0.465 e. The average Bonchev–Trinajstić information content (AvgIpc) is 3.41. The van der Waals surface area contributed by atoms with E-state index in [2.05, 4.69) is 65.8 Å². The van der Waals surface area contributed by atoms with Gasteiger partial charge in [-0.15, -0.1) is 10.2 Å². The van der Waals surface area contributed by atoms with Crippen molar-refractivity contribution in [3.8, 4) is 11.4 Å². The summed E-state index contributed by atoms with van der Waals surface area (Å²) in [6.45, 7) is 9.32. The van der Waals surface area contributed by atoms with E-state index in [4.69, 9.17) is 4.42 Å². The van der Waals surface area contributed by atoms with Gasteiger partial charge in [0.05, 0.1) is 12.0 Å². The summed E-state index contributed by atoms with van der Waals surface area (Å²) in [4.78, 5) is 12.1. The number of carbonyl (C=O) groups is 1. The molecule has 1 aromatic carbocycles. The molecule has 0 bridgehead atoms. The third kappa shape index (κ3) is 6.18. The number of benzene rings is 1. The molecule has 162 valence electrons. The van der Waals surface area contributed by atoms with E-state index >= 15 is 0 Å². The van der Waals surface area contributed by atoms with Crippen molar-refractivity contribution in [2.24, 2.45) is 5.10 Å². The summed E-state index contributed by atoms with van der Waals surface area (Å²) in [7, 11) is 0. The average molecular weight is 438 g/mol. The van der Waals surface area contributed by atoms with E-state index in [1.54, 1.807) is 24.5 Å². The molecule has 3 rings (SSSR count). The van der Waals surface area contributed by atoms with Crippen LogP contribution in [0.2, 0.25) is 0 Å². The molecule has 2 heterocycles. The van der Waals surface area contributed by atoms with Crippen molar-refractivity contribution >= 4 is 30.0 Å². The van der Waals surface area contributed by atoms with E-state index < -0.39 is 0 Å². The lowest BCUT2D eigenvalue weighted by Crippen LogP contribution is -2.19. The van der Waals surface area contributed by atoms with Crippen LogP contribution in [0, 0.1) is 0 Å². The van der Waals surface area contributed by atoms with E-state index in [0.717, 1.165) is 17.1 Å². The van der Waals surface area contributed by atoms with Crippen LogP contribution < -0.4 is 5.43 Å². The maximum Gasteiger partial charge on any atom is 0.250 e. The van der Waals surface area contributed by atoms with Crippen LogP contribution in [-0.2, 0) is 16.8 Å². The third-order valence-electron chi connectivity index (χ3n) is 4.53. The Morgan fingerprint density at radius 3 is 2.65 bits per heavy atom. The molecule has 0 fully saturated rings. The summed E-state index contributed by atoms with van der Waals surface area (Å²) in [5, 5.41) is 13.2. The first-order valence-corrected chi connectivity index (χ1v) is 11.1. The summed E-state index contributed by atoms with van der Waals surface area (Å²) in [5.41, 5.74) is 4.87. The predicted octanol–water partition coefficient (Wildman–Crippen LogP) is 4.76. The largest absolute Gasteiger partial charge is 0.465 e. The molecule has 3 aromatic rings. The molecule has 8 heteroatoms. The Kier molecular flexibility index (Phi) is 7.46. The molecule has 0 spiro atoms. The standard InChI is InChI=1S/C23H27N5O2S/c1-5-28-21(17-10-12-18(13-11-17)23(2,3)4)26-27-22(28)31-16-20(29)25-24-14-6-8-19-9-7-15-30-19/h6-15H,5,16H2,1-4H3,(H,25,29)/b8-6+,24-14+. The second kappa shape index (κ2) is 10.3. The number of nitrogens with one attached hydrogen (secondary N) is 1. The van der Waals surface area contributed by atoms with Crippen molar-refractivity contribution in [2.75, 3.05) is 5.75 Å². The van der Waals surface area contributed by atoms with E-state index in [-0.39, 0.29) is 17.1 Å². The highest BCUT2D eigenvalue weighted by Gasteiger charge is 2.17. The monoisotopic (exact) mass is 437 g/mol. The van der Waals surface area contributed by atoms with Crippen LogP contribution in [0.3, 0.4) is 0 Å². The molecule has 0 saturated carbocycles. The van der Waals surface area contributed by atoms with Gasteiger partial charge < -0.3 is 8.98 Å². The highest BCUT2D eigenvalue weighted by Crippen LogP contribution is 2.27. The van der Waals surface area contributed by atoms with Crippen molar-refractivity contribution in [3.05, 3.63) is 60.1 Å². The van der Waals surface area contributed by atoms with Crippen molar-refractivity contribution in [1.29, 1.82) is 0 Å². The minimum absolute atomic E-state index is 0.0996. The Labute approximate surface area is 186 Å². The zero-order valence-corrected chi connectivity index (χ0v) is 19.0. The van der Waals surface area contributed by atoms with Gasteiger partial charge in [-0.1, -0.05) is 56.8 Å². The van der Waals surface area contributed by atoms with Gasteiger partial charge in [0.1, 0.15) is 5.76 Å². The number of hydrogen-bond acceptors (Lipinski definition) is 6. The lowest BCUT2D eigenvalue weighted by Gasteiger charge is -2.19. The number of aromatic nitrogens is 3. The van der Waals surface area contributed by atoms with Crippen LogP contribution in [0.1, 0.15) is 39.0 Å². The molecule has 7 nitrogen and oxygen atoms in total. The van der Waals surface area contributed by atoms with Crippen molar-refractivity contribution < 1.29 is 9.21 Å². The minimum atomic E-state index is -0.214. The summed E-state index contributed by atoms with van der Waals surface area (Å²) in [6, 6.07) is 12.0. The van der Waals surface area contributed by atoms with Crippen LogP contribution in [-0.4, -0.2) is 32.6 Å². The molecule has 0 unspecified atom stereocenters. The Balaban J connectivity index is 1.57. The number of allylic oxidation sites excluding steroid dienone is 1. The highest BCUT2D eigenvalue weighted by molar-refractivity contribution is 7.99. The first-order chi connectivity index (χ1) is 14.9. The van der Waals surface area contributed by atoms with Crippen molar-refractivity contribution in [1.82, 2.24) is 20.2 Å². The van der Waals surface area contributed by atoms with Crippen LogP contribution in [0.5, 0.6) is 0 Å². The summed E-state index contributed by atoms with van der Waals surface area (Å²) < 4.78 is 7.18. The second-order valence-electron chi connectivity index (χ2n) is 7.85. The summed E-state index contributed by atoms with van der Waals surface area (Å²) in [5.74, 6) is 1.50. The number of rotatable bonds is 8. The van der Waals surface area contributed by atoms with E-state index in [1.807, 2.05) is 17.6 Å². The highest BCUT2D eigenvalue weighted by atomic mass is 32.2. The number of carbonyl (C=O) groups excluding carboxylic acids is 1. The Bertz CT molecular complexity index is 1040. The predicted molar refractivity (Wildman–Crippen MR) is 125 cm³/mol. The van der Waals surface area contributed by atoms with Gasteiger partial charge in [0.2, 0.25) is 0 Å². The van der Waals surface area contributed by atoms with E-state index in [9.17, 15) is 4.79 Å². The molecule has 31 heavy (non-hydrogen) atoms. The van der Waals surface area contributed by atoms with Crippen LogP contribution >= 0.6 is 11.8 Å². The van der Waals surface area contributed by atoms with E-state index in [1.165, 1.54) is 23.5 Å². The van der Waals surface area contributed by atoms with E-state index in [0.29, 0.717) is 11.7 Å². The molecule has 0 aliphatic heterocycles. The number of nitrogens with zero attached hydrogens (tertiary/aromatic N) is 4. The fraction of sp³-hybridized carbons (Fsp3) is 0.304. The van der Waals surface area contributed by atoms with Gasteiger partial charge >= 0.3 is 0 Å². The summed E-state index contributed by atoms with van der Waals surface area (Å²) in [6.07, 6.45) is 6.54. The Morgan fingerprint density at radius 1 is 1.23 bits per heavy atom. The van der Waals surface area contributed by atoms with Crippen molar-refractivity contribution in [3.63, 3.8) is 0 Å². The molecule has 0 radical (unpaired) electrons. The number of amides is 1. The lowest BCUT2D eigenvalue weighted by molar-refractivity contribution is -0.118. The topological polar surface area (TPSA) is 85.3 Å². The normalized spacial score (nSPS) is 12.1. The zero-order valence-electron chi connectivity index (χ0n) is 18.2. The van der Waals surface area contributed by atoms with Crippen LogP contribution in [0.4, 0.5) is 0 Å². The second-order valence-corrected chi connectivity index (χ2v) is 8.80. The van der Waals surface area contributed by atoms with Gasteiger partial charge in [-0.3, -0.25) is 4.79 Å². The fourth-order valence-electron chi connectivity index (χ4n) is 2.85. The Hall–Kier alpha value is -3.13. The molecule has 0 saturated heterocycles. The molecule has 0 atom stereocenters. The number of thioether (sulfide) groups is 1. The molecule has 2 aromatic heterocycles. The fourth-order valence-corrected chi connectivity index (χ4v) is 3.65. The SMILES string of the molecule is CCn1c(SCC(=O)N/N=C/C=C/c2ccco2)nnc1-c1ccc(C(C)(C)C)cc1. The maximum atomic E-state index is 12.1. The first kappa shape index (κ1) is 22.6. The van der Waals surface area contributed by atoms with Crippen LogP contribution in [0.25, 0.3) is 17.5 Å². The number of hydrogen-bond donors (Lipinski definition) is 1. The number of hydrazone groups is 1.